The summed E-state index contributed by atoms with van der Waals surface area (Å²) in [5, 5.41) is 12.2. The Hall–Kier alpha value is -0.860. The largest absolute Gasteiger partial charge is 0.314 e. The summed E-state index contributed by atoms with van der Waals surface area (Å²) >= 11 is 0. The summed E-state index contributed by atoms with van der Waals surface area (Å²) in [5.74, 6) is -0.200. The predicted octanol–water partition coefficient (Wildman–Crippen LogP) is 2.84. The van der Waals surface area contributed by atoms with Crippen LogP contribution in [0.15, 0.2) is 18.2 Å². The van der Waals surface area contributed by atoms with Crippen LogP contribution in [-0.2, 0) is 0 Å². The summed E-state index contributed by atoms with van der Waals surface area (Å²) < 4.78 is 14.0. The van der Waals surface area contributed by atoms with Gasteiger partial charge in [0, 0.05) is 31.7 Å². The van der Waals surface area contributed by atoms with E-state index in [4.69, 9.17) is 5.26 Å². The van der Waals surface area contributed by atoms with Gasteiger partial charge < -0.3 is 5.32 Å². The molecule has 20 heavy (non-hydrogen) atoms. The van der Waals surface area contributed by atoms with Crippen molar-refractivity contribution >= 4 is 24.8 Å². The highest BCUT2D eigenvalue weighted by atomic mass is 35.5. The zero-order chi connectivity index (χ0) is 13.0. The molecular weight excluding hydrogens is 300 g/mol. The van der Waals surface area contributed by atoms with Gasteiger partial charge in [-0.05, 0) is 18.6 Å². The minimum absolute atomic E-state index is 0. The number of benzene rings is 1. The molecule has 1 aliphatic rings. The van der Waals surface area contributed by atoms with Gasteiger partial charge in [-0.15, -0.1) is 24.8 Å². The quantitative estimate of drug-likeness (QED) is 0.931. The Morgan fingerprint density at radius 1 is 1.35 bits per heavy atom. The molecule has 6 heteroatoms. The second-order valence-corrected chi connectivity index (χ2v) is 4.69. The number of rotatable bonds is 3. The molecule has 3 nitrogen and oxygen atoms in total. The van der Waals surface area contributed by atoms with E-state index in [0.717, 1.165) is 31.7 Å². The maximum Gasteiger partial charge on any atom is 0.128 e. The smallest absolute Gasteiger partial charge is 0.128 e. The van der Waals surface area contributed by atoms with Crippen molar-refractivity contribution in [2.24, 2.45) is 0 Å². The third-order valence-corrected chi connectivity index (χ3v) is 3.39. The molecule has 1 aromatic rings. The van der Waals surface area contributed by atoms with Gasteiger partial charge in [-0.25, -0.2) is 4.39 Å². The normalized spacial score (nSPS) is 16.4. The molecule has 0 unspecified atom stereocenters. The van der Waals surface area contributed by atoms with E-state index in [1.165, 1.54) is 0 Å². The summed E-state index contributed by atoms with van der Waals surface area (Å²) in [4.78, 5) is 2.19. The lowest BCUT2D eigenvalue weighted by Crippen LogP contribution is -2.45. The number of halogens is 3. The van der Waals surface area contributed by atoms with Crippen LogP contribution in [0.5, 0.6) is 0 Å². The second kappa shape index (κ2) is 9.15. The monoisotopic (exact) mass is 319 g/mol. The first-order valence-corrected chi connectivity index (χ1v) is 6.30. The fourth-order valence-electron chi connectivity index (χ4n) is 2.42. The molecule has 0 bridgehead atoms. The van der Waals surface area contributed by atoms with Crippen molar-refractivity contribution in [1.29, 1.82) is 5.26 Å². The molecule has 0 aromatic heterocycles. The Bertz CT molecular complexity index is 456. The van der Waals surface area contributed by atoms with Gasteiger partial charge in [0.2, 0.25) is 0 Å². The van der Waals surface area contributed by atoms with E-state index < -0.39 is 0 Å². The average Bonchev–Trinajstić information content (AvgIpc) is 2.38. The highest BCUT2D eigenvalue weighted by Crippen LogP contribution is 2.27. The number of hydrogen-bond donors (Lipinski definition) is 1. The SMILES string of the molecule is Cc1ccc([C@@H](CC#N)N2CCNCC2)c(F)c1.Cl.Cl. The molecule has 1 saturated heterocycles. The zero-order valence-electron chi connectivity index (χ0n) is 11.4. The first kappa shape index (κ1) is 19.1. The molecule has 1 aliphatic heterocycles. The van der Waals surface area contributed by atoms with Crippen LogP contribution in [0.1, 0.15) is 23.6 Å². The van der Waals surface area contributed by atoms with Crippen LogP contribution < -0.4 is 5.32 Å². The van der Waals surface area contributed by atoms with Gasteiger partial charge in [-0.1, -0.05) is 12.1 Å². The van der Waals surface area contributed by atoms with Crippen LogP contribution in [-0.4, -0.2) is 31.1 Å². The molecule has 112 valence electrons. The maximum atomic E-state index is 14.0. The predicted molar refractivity (Wildman–Crippen MR) is 83.0 cm³/mol. The summed E-state index contributed by atoms with van der Waals surface area (Å²) in [5.41, 5.74) is 1.55. The third kappa shape index (κ3) is 4.60. The van der Waals surface area contributed by atoms with Gasteiger partial charge >= 0.3 is 0 Å². The molecule has 1 aromatic carbocycles. The van der Waals surface area contributed by atoms with Crippen LogP contribution in [0.2, 0.25) is 0 Å². The highest BCUT2D eigenvalue weighted by molar-refractivity contribution is 5.85. The first-order valence-electron chi connectivity index (χ1n) is 6.30. The van der Waals surface area contributed by atoms with Crippen LogP contribution in [0.3, 0.4) is 0 Å². The fourth-order valence-corrected chi connectivity index (χ4v) is 2.42. The molecule has 0 aliphatic carbocycles. The Morgan fingerprint density at radius 3 is 2.55 bits per heavy atom. The summed E-state index contributed by atoms with van der Waals surface area (Å²) in [7, 11) is 0. The molecule has 0 amide bonds. The van der Waals surface area contributed by atoms with Gasteiger partial charge in [-0.2, -0.15) is 5.26 Å². The molecule has 0 radical (unpaired) electrons. The fraction of sp³-hybridized carbons (Fsp3) is 0.500. The lowest BCUT2D eigenvalue weighted by Gasteiger charge is -2.34. The number of nitrogens with zero attached hydrogens (tertiary/aromatic N) is 2. The van der Waals surface area contributed by atoms with E-state index in [9.17, 15) is 4.39 Å². The Morgan fingerprint density at radius 2 is 2.00 bits per heavy atom. The van der Waals surface area contributed by atoms with Gasteiger partial charge in [-0.3, -0.25) is 4.90 Å². The molecule has 1 atom stereocenters. The van der Waals surface area contributed by atoms with Gasteiger partial charge in [0.05, 0.1) is 18.5 Å². The van der Waals surface area contributed by atoms with Crippen molar-refractivity contribution in [2.45, 2.75) is 19.4 Å². The van der Waals surface area contributed by atoms with Crippen molar-refractivity contribution in [3.63, 3.8) is 0 Å². The van der Waals surface area contributed by atoms with E-state index in [1.807, 2.05) is 19.1 Å². The van der Waals surface area contributed by atoms with Crippen molar-refractivity contribution in [1.82, 2.24) is 10.2 Å². The second-order valence-electron chi connectivity index (χ2n) is 4.69. The van der Waals surface area contributed by atoms with Crippen LogP contribution in [0.25, 0.3) is 0 Å². The van der Waals surface area contributed by atoms with Crippen molar-refractivity contribution in [3.8, 4) is 6.07 Å². The van der Waals surface area contributed by atoms with Gasteiger partial charge in [0.1, 0.15) is 5.82 Å². The van der Waals surface area contributed by atoms with Crippen LogP contribution >= 0.6 is 24.8 Å². The molecular formula is C14H20Cl2FN3. The molecule has 0 saturated carbocycles. The molecule has 1 fully saturated rings. The zero-order valence-corrected chi connectivity index (χ0v) is 13.1. The number of aryl methyl sites for hydroxylation is 1. The molecule has 0 spiro atoms. The number of nitrogens with one attached hydrogen (secondary N) is 1. The number of nitriles is 1. The van der Waals surface area contributed by atoms with E-state index in [2.05, 4.69) is 16.3 Å². The number of piperazine rings is 1. The van der Waals surface area contributed by atoms with Crippen molar-refractivity contribution in [3.05, 3.63) is 35.1 Å². The molecule has 1 heterocycles. The van der Waals surface area contributed by atoms with E-state index in [1.54, 1.807) is 6.07 Å². The molecule has 1 N–H and O–H groups in total. The Balaban J connectivity index is 0.00000180. The average molecular weight is 320 g/mol. The standard InChI is InChI=1S/C14H18FN3.2ClH/c1-11-2-3-12(13(15)10-11)14(4-5-16)18-8-6-17-7-9-18;;/h2-3,10,14,17H,4,6-9H2,1H3;2*1H/t14-;;/m1../s1. The van der Waals surface area contributed by atoms with Crippen LogP contribution in [0.4, 0.5) is 4.39 Å². The topological polar surface area (TPSA) is 39.1 Å². The van der Waals surface area contributed by atoms with E-state index in [-0.39, 0.29) is 36.7 Å². The lowest BCUT2D eigenvalue weighted by atomic mass is 10.00. The van der Waals surface area contributed by atoms with E-state index >= 15 is 0 Å². The lowest BCUT2D eigenvalue weighted by molar-refractivity contribution is 0.172. The third-order valence-electron chi connectivity index (χ3n) is 3.39. The summed E-state index contributed by atoms with van der Waals surface area (Å²) in [6.45, 7) is 5.39. The first-order chi connectivity index (χ1) is 8.72. The summed E-state index contributed by atoms with van der Waals surface area (Å²) in [6.07, 6.45) is 0.333. The Kier molecular flexibility index (Phi) is 8.75. The van der Waals surface area contributed by atoms with Crippen molar-refractivity contribution in [2.75, 3.05) is 26.2 Å². The minimum atomic E-state index is -0.200. The minimum Gasteiger partial charge on any atom is -0.314 e. The van der Waals surface area contributed by atoms with E-state index in [0.29, 0.717) is 12.0 Å². The van der Waals surface area contributed by atoms with Crippen LogP contribution in [0, 0.1) is 24.1 Å². The Labute approximate surface area is 132 Å². The van der Waals surface area contributed by atoms with Crippen molar-refractivity contribution < 1.29 is 4.39 Å². The maximum absolute atomic E-state index is 14.0. The molecule has 2 rings (SSSR count). The highest BCUT2D eigenvalue weighted by Gasteiger charge is 2.24. The van der Waals surface area contributed by atoms with Gasteiger partial charge in [0.25, 0.3) is 0 Å². The number of hydrogen-bond acceptors (Lipinski definition) is 3. The summed E-state index contributed by atoms with van der Waals surface area (Å²) in [6, 6.07) is 7.32. The van der Waals surface area contributed by atoms with Gasteiger partial charge in [0.15, 0.2) is 0 Å².